The van der Waals surface area contributed by atoms with Crippen molar-refractivity contribution in [2.45, 2.75) is 39.5 Å². The van der Waals surface area contributed by atoms with E-state index in [2.05, 4.69) is 6.07 Å². The van der Waals surface area contributed by atoms with Crippen molar-refractivity contribution in [1.29, 1.82) is 5.26 Å². The summed E-state index contributed by atoms with van der Waals surface area (Å²) in [6, 6.07) is 5.84. The van der Waals surface area contributed by atoms with Crippen LogP contribution in [-0.2, 0) is 0 Å². The number of hydrogen-bond acceptors (Lipinski definition) is 2. The zero-order valence-corrected chi connectivity index (χ0v) is 11.4. The van der Waals surface area contributed by atoms with E-state index in [1.165, 1.54) is 6.07 Å². The molecule has 2 nitrogen and oxygen atoms in total. The molecule has 0 saturated carbocycles. The highest BCUT2D eigenvalue weighted by Gasteiger charge is 2.24. The predicted molar refractivity (Wildman–Crippen MR) is 69.7 cm³/mol. The fourth-order valence-corrected chi connectivity index (χ4v) is 1.98. The zero-order valence-electron chi connectivity index (χ0n) is 11.4. The molecule has 0 spiro atoms. The lowest BCUT2D eigenvalue weighted by Crippen LogP contribution is -2.17. The summed E-state index contributed by atoms with van der Waals surface area (Å²) in [7, 11) is 0. The van der Waals surface area contributed by atoms with Crippen LogP contribution in [0.15, 0.2) is 18.2 Å². The van der Waals surface area contributed by atoms with Crippen LogP contribution in [0.1, 0.15) is 39.5 Å². The number of rotatable bonds is 7. The third-order valence-electron chi connectivity index (χ3n) is 3.55. The highest BCUT2D eigenvalue weighted by Crippen LogP contribution is 2.31. The molecule has 0 N–H and O–H groups in total. The van der Waals surface area contributed by atoms with E-state index in [0.717, 1.165) is 31.4 Å². The van der Waals surface area contributed by atoms with Crippen molar-refractivity contribution in [2.75, 3.05) is 6.61 Å². The van der Waals surface area contributed by atoms with Crippen molar-refractivity contribution in [2.24, 2.45) is 5.41 Å². The van der Waals surface area contributed by atoms with Crippen LogP contribution in [0.4, 0.5) is 8.78 Å². The van der Waals surface area contributed by atoms with Gasteiger partial charge in [0.15, 0.2) is 11.6 Å². The second kappa shape index (κ2) is 7.08. The van der Waals surface area contributed by atoms with E-state index in [-0.39, 0.29) is 5.41 Å². The summed E-state index contributed by atoms with van der Waals surface area (Å²) < 4.78 is 31.0. The number of halogens is 2. The van der Waals surface area contributed by atoms with Gasteiger partial charge in [-0.25, -0.2) is 8.78 Å². The van der Waals surface area contributed by atoms with Gasteiger partial charge in [-0.1, -0.05) is 13.8 Å². The van der Waals surface area contributed by atoms with Crippen molar-refractivity contribution in [1.82, 2.24) is 0 Å². The molecule has 0 saturated heterocycles. The molecule has 0 bridgehead atoms. The summed E-state index contributed by atoms with van der Waals surface area (Å²) in [4.78, 5) is 0. The van der Waals surface area contributed by atoms with Gasteiger partial charge in [0.2, 0.25) is 0 Å². The molecule has 0 aliphatic rings. The van der Waals surface area contributed by atoms with Crippen LogP contribution >= 0.6 is 0 Å². The van der Waals surface area contributed by atoms with Crippen molar-refractivity contribution in [3.63, 3.8) is 0 Å². The molecule has 0 amide bonds. The van der Waals surface area contributed by atoms with Crippen LogP contribution < -0.4 is 4.74 Å². The average molecular weight is 267 g/mol. The molecule has 1 aromatic rings. The van der Waals surface area contributed by atoms with Gasteiger partial charge in [0.1, 0.15) is 5.75 Å². The molecule has 0 radical (unpaired) electrons. The van der Waals surface area contributed by atoms with Crippen LogP contribution in [0.5, 0.6) is 5.75 Å². The summed E-state index contributed by atoms with van der Waals surface area (Å²) in [6.45, 7) is 4.40. The molecule has 19 heavy (non-hydrogen) atoms. The molecule has 0 aromatic heterocycles. The molecule has 0 unspecified atom stereocenters. The minimum atomic E-state index is -0.911. The van der Waals surface area contributed by atoms with Crippen LogP contribution in [-0.4, -0.2) is 6.61 Å². The molecule has 104 valence electrons. The van der Waals surface area contributed by atoms with E-state index in [1.54, 1.807) is 0 Å². The minimum Gasteiger partial charge on any atom is -0.493 e. The Labute approximate surface area is 113 Å². The SMILES string of the molecule is CCC(C#N)(CC)CCCOc1ccc(F)c(F)c1. The Morgan fingerprint density at radius 2 is 1.89 bits per heavy atom. The van der Waals surface area contributed by atoms with Gasteiger partial charge >= 0.3 is 0 Å². The Hall–Kier alpha value is -1.63. The molecular weight excluding hydrogens is 248 g/mol. The molecule has 4 heteroatoms. The highest BCUT2D eigenvalue weighted by molar-refractivity contribution is 5.23. The van der Waals surface area contributed by atoms with Gasteiger partial charge in [-0.2, -0.15) is 5.26 Å². The van der Waals surface area contributed by atoms with Crippen molar-refractivity contribution in [3.05, 3.63) is 29.8 Å². The average Bonchev–Trinajstić information content (AvgIpc) is 2.44. The summed E-state index contributed by atoms with van der Waals surface area (Å²) in [6.07, 6.45) is 3.09. The summed E-state index contributed by atoms with van der Waals surface area (Å²) in [5, 5.41) is 9.18. The largest absolute Gasteiger partial charge is 0.493 e. The number of nitrogens with zero attached hydrogens (tertiary/aromatic N) is 1. The van der Waals surface area contributed by atoms with E-state index in [9.17, 15) is 14.0 Å². The maximum absolute atomic E-state index is 12.9. The summed E-state index contributed by atoms with van der Waals surface area (Å²) >= 11 is 0. The Morgan fingerprint density at radius 3 is 2.42 bits per heavy atom. The number of benzene rings is 1. The van der Waals surface area contributed by atoms with Gasteiger partial charge in [-0.15, -0.1) is 0 Å². The highest BCUT2D eigenvalue weighted by atomic mass is 19.2. The Kier molecular flexibility index (Phi) is 5.75. The van der Waals surface area contributed by atoms with Crippen molar-refractivity contribution in [3.8, 4) is 11.8 Å². The van der Waals surface area contributed by atoms with Gasteiger partial charge in [0, 0.05) is 6.07 Å². The first kappa shape index (κ1) is 15.4. The van der Waals surface area contributed by atoms with Crippen LogP contribution in [0.3, 0.4) is 0 Å². The Balaban J connectivity index is 2.42. The van der Waals surface area contributed by atoms with Gasteiger partial charge in [0.25, 0.3) is 0 Å². The van der Waals surface area contributed by atoms with Crippen LogP contribution in [0, 0.1) is 28.4 Å². The van der Waals surface area contributed by atoms with Gasteiger partial charge in [0.05, 0.1) is 18.1 Å². The van der Waals surface area contributed by atoms with Crippen LogP contribution in [0.25, 0.3) is 0 Å². The molecule has 0 aliphatic carbocycles. The quantitative estimate of drug-likeness (QED) is 0.683. The van der Waals surface area contributed by atoms with Gasteiger partial charge in [-0.3, -0.25) is 0 Å². The van der Waals surface area contributed by atoms with Gasteiger partial charge in [-0.05, 0) is 37.8 Å². The third-order valence-corrected chi connectivity index (χ3v) is 3.55. The smallest absolute Gasteiger partial charge is 0.162 e. The minimum absolute atomic E-state index is 0.294. The summed E-state index contributed by atoms with van der Waals surface area (Å²) in [5.74, 6) is -1.48. The first-order valence-electron chi connectivity index (χ1n) is 6.56. The normalized spacial score (nSPS) is 11.1. The Bertz CT molecular complexity index is 450. The van der Waals surface area contributed by atoms with E-state index in [4.69, 9.17) is 4.74 Å². The van der Waals surface area contributed by atoms with Crippen molar-refractivity contribution >= 4 is 0 Å². The second-order valence-corrected chi connectivity index (χ2v) is 4.63. The topological polar surface area (TPSA) is 33.0 Å². The number of nitriles is 1. The zero-order chi connectivity index (χ0) is 14.3. The molecule has 1 aromatic carbocycles. The molecule has 0 fully saturated rings. The first-order valence-corrected chi connectivity index (χ1v) is 6.56. The molecule has 0 heterocycles. The lowest BCUT2D eigenvalue weighted by molar-refractivity contribution is 0.258. The fraction of sp³-hybridized carbons (Fsp3) is 0.533. The monoisotopic (exact) mass is 267 g/mol. The third kappa shape index (κ3) is 4.20. The second-order valence-electron chi connectivity index (χ2n) is 4.63. The predicted octanol–water partition coefficient (Wildman–Crippen LogP) is 4.45. The number of hydrogen-bond donors (Lipinski definition) is 0. The van der Waals surface area contributed by atoms with E-state index in [1.807, 2.05) is 13.8 Å². The van der Waals surface area contributed by atoms with Gasteiger partial charge < -0.3 is 4.74 Å². The molecule has 0 aliphatic heterocycles. The van der Waals surface area contributed by atoms with Crippen molar-refractivity contribution < 1.29 is 13.5 Å². The standard InChI is InChI=1S/C15H19F2NO/c1-3-15(4-2,11-18)8-5-9-19-12-6-7-13(16)14(17)10-12/h6-7,10H,3-5,8-9H2,1-2H3. The lowest BCUT2D eigenvalue weighted by atomic mass is 9.80. The number of ether oxygens (including phenoxy) is 1. The summed E-state index contributed by atoms with van der Waals surface area (Å²) in [5.41, 5.74) is -0.294. The molecular formula is C15H19F2NO. The Morgan fingerprint density at radius 1 is 1.21 bits per heavy atom. The van der Waals surface area contributed by atoms with E-state index < -0.39 is 11.6 Å². The lowest BCUT2D eigenvalue weighted by Gasteiger charge is -2.22. The fourth-order valence-electron chi connectivity index (χ4n) is 1.98. The van der Waals surface area contributed by atoms with Crippen LogP contribution in [0.2, 0.25) is 0 Å². The first-order chi connectivity index (χ1) is 9.06. The molecule has 1 rings (SSSR count). The van der Waals surface area contributed by atoms with E-state index in [0.29, 0.717) is 18.8 Å². The maximum Gasteiger partial charge on any atom is 0.162 e. The maximum atomic E-state index is 12.9. The molecule has 0 atom stereocenters. The van der Waals surface area contributed by atoms with E-state index >= 15 is 0 Å².